The van der Waals surface area contributed by atoms with Crippen LogP contribution >= 0.6 is 0 Å². The van der Waals surface area contributed by atoms with Crippen LogP contribution in [0.2, 0.25) is 0 Å². The molecule has 1 saturated heterocycles. The van der Waals surface area contributed by atoms with Crippen LogP contribution in [0.3, 0.4) is 0 Å². The summed E-state index contributed by atoms with van der Waals surface area (Å²) >= 11 is 0. The Morgan fingerprint density at radius 2 is 1.93 bits per heavy atom. The zero-order valence-electron chi connectivity index (χ0n) is 16.4. The lowest BCUT2D eigenvalue weighted by Crippen LogP contribution is -2.51. The minimum atomic E-state index is -0.879. The number of hydrogen-bond donors (Lipinski definition) is 1. The van der Waals surface area contributed by atoms with Gasteiger partial charge in [-0.15, -0.1) is 0 Å². The lowest BCUT2D eigenvalue weighted by Gasteiger charge is -2.47. The van der Waals surface area contributed by atoms with E-state index >= 15 is 0 Å². The van der Waals surface area contributed by atoms with Crippen LogP contribution in [-0.4, -0.2) is 59.2 Å². The van der Waals surface area contributed by atoms with E-state index in [0.29, 0.717) is 23.9 Å². The maximum atomic E-state index is 12.6. The molecule has 148 valence electrons. The third-order valence-electron chi connectivity index (χ3n) is 6.07. The molecule has 2 aliphatic heterocycles. The van der Waals surface area contributed by atoms with Gasteiger partial charge in [0.1, 0.15) is 0 Å². The van der Waals surface area contributed by atoms with Crippen molar-refractivity contribution in [3.63, 3.8) is 0 Å². The van der Waals surface area contributed by atoms with Crippen LogP contribution in [0.15, 0.2) is 47.3 Å². The summed E-state index contributed by atoms with van der Waals surface area (Å²) in [6.07, 6.45) is 1.08. The summed E-state index contributed by atoms with van der Waals surface area (Å²) in [6, 6.07) is 13.0. The number of hydrogen-bond acceptors (Lipinski definition) is 4. The Hall–Kier alpha value is -2.44. The van der Waals surface area contributed by atoms with E-state index in [-0.39, 0.29) is 11.6 Å². The summed E-state index contributed by atoms with van der Waals surface area (Å²) in [5, 5.41) is 9.50. The number of fused-ring (bicyclic) bond motifs is 4. The number of benzene rings is 1. The highest BCUT2D eigenvalue weighted by molar-refractivity contribution is 5.89. The molecule has 3 atom stereocenters. The summed E-state index contributed by atoms with van der Waals surface area (Å²) in [5.41, 5.74) is 2.43. The molecule has 0 saturated carbocycles. The van der Waals surface area contributed by atoms with Gasteiger partial charge < -0.3 is 14.6 Å². The molecular weight excluding hydrogens is 354 g/mol. The van der Waals surface area contributed by atoms with Gasteiger partial charge in [-0.1, -0.05) is 24.3 Å². The van der Waals surface area contributed by atoms with Crippen LogP contribution in [0.1, 0.15) is 40.0 Å². The van der Waals surface area contributed by atoms with E-state index < -0.39 is 5.97 Å². The van der Waals surface area contributed by atoms with E-state index in [0.717, 1.165) is 37.3 Å². The van der Waals surface area contributed by atoms with Crippen molar-refractivity contribution < 1.29 is 9.90 Å². The fourth-order valence-electron chi connectivity index (χ4n) is 4.98. The van der Waals surface area contributed by atoms with Gasteiger partial charge in [-0.05, 0) is 44.1 Å². The maximum absolute atomic E-state index is 12.6. The van der Waals surface area contributed by atoms with Crippen molar-refractivity contribution in [1.82, 2.24) is 14.4 Å². The molecule has 1 aromatic heterocycles. The molecule has 3 heterocycles. The number of likely N-dealkylation sites (tertiary alicyclic amines) is 1. The quantitative estimate of drug-likeness (QED) is 0.861. The first-order valence-corrected chi connectivity index (χ1v) is 9.83. The van der Waals surface area contributed by atoms with Gasteiger partial charge in [0.25, 0.3) is 5.56 Å². The van der Waals surface area contributed by atoms with Crippen molar-refractivity contribution in [2.24, 2.45) is 5.92 Å². The summed E-state index contributed by atoms with van der Waals surface area (Å²) < 4.78 is 2.02. The second kappa shape index (κ2) is 7.53. The minimum Gasteiger partial charge on any atom is -0.478 e. The Labute approximate surface area is 165 Å². The second-order valence-electron chi connectivity index (χ2n) is 8.34. The van der Waals surface area contributed by atoms with E-state index in [1.807, 2.05) is 36.9 Å². The number of likely N-dealkylation sites (N-methyl/N-ethyl adjacent to an activating group) is 1. The van der Waals surface area contributed by atoms with Gasteiger partial charge in [-0.2, -0.15) is 0 Å². The number of carbonyl (C=O) groups is 1. The third kappa shape index (κ3) is 3.50. The van der Waals surface area contributed by atoms with Crippen molar-refractivity contribution in [2.75, 3.05) is 33.7 Å². The minimum absolute atomic E-state index is 0.0868. The summed E-state index contributed by atoms with van der Waals surface area (Å²) in [7, 11) is 4.09. The number of piperidine rings is 1. The molecule has 1 fully saturated rings. The van der Waals surface area contributed by atoms with Gasteiger partial charge in [-0.25, -0.2) is 4.79 Å². The monoisotopic (exact) mass is 381 g/mol. The van der Waals surface area contributed by atoms with Crippen LogP contribution in [0.25, 0.3) is 0 Å². The van der Waals surface area contributed by atoms with Crippen molar-refractivity contribution in [3.8, 4) is 0 Å². The highest BCUT2D eigenvalue weighted by Crippen LogP contribution is 2.41. The largest absolute Gasteiger partial charge is 0.478 e. The summed E-state index contributed by atoms with van der Waals surface area (Å²) in [5.74, 6) is -0.191. The van der Waals surface area contributed by atoms with Gasteiger partial charge in [0.15, 0.2) is 0 Å². The van der Waals surface area contributed by atoms with Gasteiger partial charge >= 0.3 is 5.97 Å². The Morgan fingerprint density at radius 3 is 2.68 bits per heavy atom. The van der Waals surface area contributed by atoms with Gasteiger partial charge in [-0.3, -0.25) is 9.69 Å². The van der Waals surface area contributed by atoms with Crippen LogP contribution in [0.4, 0.5) is 0 Å². The van der Waals surface area contributed by atoms with Crippen LogP contribution in [0.5, 0.6) is 0 Å². The third-order valence-corrected chi connectivity index (χ3v) is 6.07. The van der Waals surface area contributed by atoms with E-state index in [4.69, 9.17) is 0 Å². The van der Waals surface area contributed by atoms with Crippen LogP contribution in [-0.2, 0) is 6.54 Å². The van der Waals surface area contributed by atoms with Gasteiger partial charge in [0, 0.05) is 43.9 Å². The van der Waals surface area contributed by atoms with Crippen molar-refractivity contribution in [3.05, 3.63) is 69.6 Å². The molecule has 2 bridgehead atoms. The molecule has 0 amide bonds. The van der Waals surface area contributed by atoms with Crippen molar-refractivity contribution >= 4 is 5.97 Å². The first-order chi connectivity index (χ1) is 13.4. The number of pyridine rings is 1. The molecule has 0 unspecified atom stereocenters. The molecule has 28 heavy (non-hydrogen) atoms. The predicted molar refractivity (Wildman–Crippen MR) is 108 cm³/mol. The highest BCUT2D eigenvalue weighted by Gasteiger charge is 2.40. The van der Waals surface area contributed by atoms with E-state index in [9.17, 15) is 14.7 Å². The maximum Gasteiger partial charge on any atom is 0.336 e. The lowest BCUT2D eigenvalue weighted by atomic mass is 9.78. The van der Waals surface area contributed by atoms with Gasteiger partial charge in [0.05, 0.1) is 11.6 Å². The van der Waals surface area contributed by atoms with E-state index in [1.54, 1.807) is 18.2 Å². The molecule has 2 aliphatic rings. The fraction of sp³-hybridized carbons (Fsp3) is 0.455. The standard InChI is InChI=1S/C22H27N3O3/c1-23(2)14-20-17-10-16(19-8-5-9-21(26)25(19)20)12-24(13-17)11-15-6-3-4-7-18(15)22(27)28/h3-9,16-17,20H,10-14H2,1-2H3,(H,27,28)/t16-,17+,20+/m1/s1. The SMILES string of the molecule is CN(C)C[C@H]1[C@H]2C[C@H](CN(Cc3ccccc3C(=O)O)C2)c2cccc(=O)n21. The number of nitrogens with zero attached hydrogens (tertiary/aromatic N) is 3. The zero-order chi connectivity index (χ0) is 19.8. The number of carboxylic acids is 1. The van der Waals surface area contributed by atoms with Gasteiger partial charge in [0.2, 0.25) is 0 Å². The average molecular weight is 381 g/mol. The molecule has 1 aromatic carbocycles. The highest BCUT2D eigenvalue weighted by atomic mass is 16.4. The summed E-state index contributed by atoms with van der Waals surface area (Å²) in [4.78, 5) is 28.7. The Bertz CT molecular complexity index is 937. The molecule has 6 heteroatoms. The van der Waals surface area contributed by atoms with E-state index in [2.05, 4.69) is 15.9 Å². The number of aromatic carboxylic acids is 1. The summed E-state index contributed by atoms with van der Waals surface area (Å²) in [6.45, 7) is 3.18. The molecule has 0 radical (unpaired) electrons. The Kier molecular flexibility index (Phi) is 5.08. The van der Waals surface area contributed by atoms with Crippen molar-refractivity contribution in [1.29, 1.82) is 0 Å². The normalized spacial score (nSPS) is 24.2. The Morgan fingerprint density at radius 1 is 1.14 bits per heavy atom. The van der Waals surface area contributed by atoms with Crippen LogP contribution in [0, 0.1) is 5.92 Å². The molecule has 2 aromatic rings. The number of aromatic nitrogens is 1. The molecule has 1 N–H and O–H groups in total. The number of rotatable bonds is 5. The first-order valence-electron chi connectivity index (χ1n) is 9.83. The molecule has 4 rings (SSSR count). The second-order valence-corrected chi connectivity index (χ2v) is 8.34. The first kappa shape index (κ1) is 18.9. The smallest absolute Gasteiger partial charge is 0.336 e. The topological polar surface area (TPSA) is 65.8 Å². The van der Waals surface area contributed by atoms with Crippen molar-refractivity contribution in [2.45, 2.75) is 24.9 Å². The van der Waals surface area contributed by atoms with E-state index in [1.165, 1.54) is 0 Å². The molecule has 6 nitrogen and oxygen atoms in total. The molecular formula is C22H27N3O3. The average Bonchev–Trinajstić information content (AvgIpc) is 2.65. The molecule has 0 spiro atoms. The van der Waals surface area contributed by atoms with Crippen LogP contribution < -0.4 is 5.56 Å². The predicted octanol–water partition coefficient (Wildman–Crippen LogP) is 2.27. The molecule has 0 aliphatic carbocycles. The number of carboxylic acid groups (broad SMARTS) is 1. The lowest BCUT2D eigenvalue weighted by molar-refractivity contribution is 0.0675. The Balaban J connectivity index is 1.65. The zero-order valence-corrected chi connectivity index (χ0v) is 16.4. The fourth-order valence-corrected chi connectivity index (χ4v) is 4.98.